The molecule has 0 aliphatic rings. The summed E-state index contributed by atoms with van der Waals surface area (Å²) < 4.78 is 2.42. The molecule has 1 N–H and O–H groups in total. The number of halogens is 3. The van der Waals surface area contributed by atoms with Crippen molar-refractivity contribution in [2.75, 3.05) is 5.32 Å². The van der Waals surface area contributed by atoms with Crippen LogP contribution in [0.1, 0.15) is 39.5 Å². The maximum absolute atomic E-state index is 12.6. The number of rotatable bonds is 6. The van der Waals surface area contributed by atoms with Gasteiger partial charge in [-0.25, -0.2) is 0 Å². The van der Waals surface area contributed by atoms with Gasteiger partial charge in [0.2, 0.25) is 5.91 Å². The van der Waals surface area contributed by atoms with Crippen molar-refractivity contribution in [3.63, 3.8) is 0 Å². The van der Waals surface area contributed by atoms with Crippen molar-refractivity contribution in [1.82, 2.24) is 0 Å². The lowest BCUT2D eigenvalue weighted by Gasteiger charge is -2.25. The Labute approximate surface area is 150 Å². The highest BCUT2D eigenvalue weighted by Gasteiger charge is 2.37. The van der Waals surface area contributed by atoms with Gasteiger partial charge in [0.05, 0.1) is 11.8 Å². The smallest absolute Gasteiger partial charge is 0.244 e. The third-order valence-corrected chi connectivity index (χ3v) is 4.96. The highest BCUT2D eigenvalue weighted by molar-refractivity contribution is 9.11. The summed E-state index contributed by atoms with van der Waals surface area (Å²) in [5, 5.41) is 12.4. The first-order chi connectivity index (χ1) is 9.90. The lowest BCUT2D eigenvalue weighted by atomic mass is 9.79. The minimum atomic E-state index is -0.963. The molecular formula is C15H17Br3N2O. The predicted molar refractivity (Wildman–Crippen MR) is 96.0 cm³/mol. The molecule has 0 aromatic heterocycles. The first kappa shape index (κ1) is 18.7. The van der Waals surface area contributed by atoms with E-state index in [-0.39, 0.29) is 5.91 Å². The van der Waals surface area contributed by atoms with Crippen molar-refractivity contribution in [1.29, 1.82) is 5.26 Å². The maximum Gasteiger partial charge on any atom is 0.244 e. The van der Waals surface area contributed by atoms with Crippen LogP contribution >= 0.6 is 47.8 Å². The van der Waals surface area contributed by atoms with E-state index in [4.69, 9.17) is 0 Å². The Bertz CT molecular complexity index is 538. The predicted octanol–water partition coefficient (Wildman–Crippen LogP) is 6.02. The van der Waals surface area contributed by atoms with Crippen molar-refractivity contribution in [3.8, 4) is 6.07 Å². The van der Waals surface area contributed by atoms with Crippen LogP contribution in [0.5, 0.6) is 0 Å². The minimum absolute atomic E-state index is 0.238. The number of carbonyl (C=O) groups is 1. The molecule has 0 unspecified atom stereocenters. The molecule has 1 aromatic rings. The van der Waals surface area contributed by atoms with Gasteiger partial charge in [-0.05, 0) is 56.8 Å². The highest BCUT2D eigenvalue weighted by atomic mass is 79.9. The van der Waals surface area contributed by atoms with E-state index in [0.717, 1.165) is 26.3 Å². The number of nitrogens with zero attached hydrogens (tertiary/aromatic N) is 1. The standard InChI is InChI=1S/C15H17Br3N2O/c1-3-5-15(9-19,6-4-2)14(21)20-13-11(17)7-10(16)8-12(13)18/h7-8H,3-6H2,1-2H3,(H,20,21). The molecule has 1 aromatic carbocycles. The van der Waals surface area contributed by atoms with E-state index in [1.54, 1.807) is 0 Å². The Hall–Kier alpha value is -0.380. The molecule has 0 fully saturated rings. The van der Waals surface area contributed by atoms with E-state index < -0.39 is 5.41 Å². The summed E-state index contributed by atoms with van der Waals surface area (Å²) in [7, 11) is 0. The van der Waals surface area contributed by atoms with Crippen molar-refractivity contribution in [3.05, 3.63) is 25.6 Å². The number of nitrogens with one attached hydrogen (secondary N) is 1. The van der Waals surface area contributed by atoms with Crippen LogP contribution in [0.3, 0.4) is 0 Å². The second-order valence-electron chi connectivity index (χ2n) is 4.89. The average Bonchev–Trinajstić information content (AvgIpc) is 2.42. The summed E-state index contributed by atoms with van der Waals surface area (Å²) in [6.07, 6.45) is 2.72. The molecule has 1 rings (SSSR count). The first-order valence-corrected chi connectivity index (χ1v) is 9.15. The quantitative estimate of drug-likeness (QED) is 0.541. The third-order valence-electron chi connectivity index (χ3n) is 3.25. The lowest BCUT2D eigenvalue weighted by molar-refractivity contribution is -0.123. The fourth-order valence-corrected chi connectivity index (χ4v) is 4.72. The van der Waals surface area contributed by atoms with Crippen LogP contribution < -0.4 is 5.32 Å². The maximum atomic E-state index is 12.6. The summed E-state index contributed by atoms with van der Waals surface area (Å²) in [6.45, 7) is 3.97. The molecule has 0 aliphatic heterocycles. The van der Waals surface area contributed by atoms with Crippen molar-refractivity contribution in [2.45, 2.75) is 39.5 Å². The lowest BCUT2D eigenvalue weighted by Crippen LogP contribution is -2.35. The van der Waals surface area contributed by atoms with E-state index in [2.05, 4.69) is 59.2 Å². The van der Waals surface area contributed by atoms with Gasteiger partial charge in [0.1, 0.15) is 5.41 Å². The fourth-order valence-electron chi connectivity index (χ4n) is 2.26. The van der Waals surface area contributed by atoms with Gasteiger partial charge in [0, 0.05) is 13.4 Å². The zero-order valence-corrected chi connectivity index (χ0v) is 16.7. The second kappa shape index (κ2) is 8.30. The number of nitriles is 1. The molecular weight excluding hydrogens is 464 g/mol. The number of benzene rings is 1. The zero-order chi connectivity index (χ0) is 16.0. The van der Waals surface area contributed by atoms with Gasteiger partial charge >= 0.3 is 0 Å². The summed E-state index contributed by atoms with van der Waals surface area (Å²) in [5.74, 6) is -0.238. The molecule has 0 spiro atoms. The molecule has 21 heavy (non-hydrogen) atoms. The number of anilines is 1. The molecule has 114 valence electrons. The molecule has 0 aliphatic carbocycles. The molecule has 0 saturated heterocycles. The van der Waals surface area contributed by atoms with E-state index in [9.17, 15) is 10.1 Å². The van der Waals surface area contributed by atoms with E-state index >= 15 is 0 Å². The molecule has 0 saturated carbocycles. The molecule has 0 heterocycles. The van der Waals surface area contributed by atoms with Crippen LogP contribution in [0.4, 0.5) is 5.69 Å². The Balaban J connectivity index is 3.11. The highest BCUT2D eigenvalue weighted by Crippen LogP contribution is 2.37. The molecule has 0 bridgehead atoms. The van der Waals surface area contributed by atoms with Crippen LogP contribution in [0.15, 0.2) is 25.6 Å². The van der Waals surface area contributed by atoms with Crippen LogP contribution in [0.25, 0.3) is 0 Å². The average molecular weight is 481 g/mol. The van der Waals surface area contributed by atoms with Crippen molar-refractivity contribution < 1.29 is 4.79 Å². The summed E-state index contributed by atoms with van der Waals surface area (Å²) in [5.41, 5.74) is -0.315. The van der Waals surface area contributed by atoms with Crippen LogP contribution in [-0.2, 0) is 4.79 Å². The number of hydrogen-bond donors (Lipinski definition) is 1. The first-order valence-electron chi connectivity index (χ1n) is 6.77. The second-order valence-corrected chi connectivity index (χ2v) is 7.52. The number of hydrogen-bond acceptors (Lipinski definition) is 2. The number of carbonyl (C=O) groups excluding carboxylic acids is 1. The van der Waals surface area contributed by atoms with Crippen molar-refractivity contribution in [2.24, 2.45) is 5.41 Å². The Kier molecular flexibility index (Phi) is 7.38. The molecule has 3 nitrogen and oxygen atoms in total. The van der Waals surface area contributed by atoms with Gasteiger partial charge in [0.25, 0.3) is 0 Å². The SMILES string of the molecule is CCCC(C#N)(CCC)C(=O)Nc1c(Br)cc(Br)cc1Br. The topological polar surface area (TPSA) is 52.9 Å². The summed E-state index contributed by atoms with van der Waals surface area (Å²) >= 11 is 10.3. The van der Waals surface area contributed by atoms with Crippen LogP contribution in [-0.4, -0.2) is 5.91 Å². The molecule has 6 heteroatoms. The fraction of sp³-hybridized carbons (Fsp3) is 0.467. The van der Waals surface area contributed by atoms with E-state index in [0.29, 0.717) is 18.5 Å². The van der Waals surface area contributed by atoms with Gasteiger partial charge in [-0.1, -0.05) is 42.6 Å². The Morgan fingerprint density at radius 1 is 1.19 bits per heavy atom. The largest absolute Gasteiger partial charge is 0.323 e. The van der Waals surface area contributed by atoms with Gasteiger partial charge in [-0.2, -0.15) is 5.26 Å². The van der Waals surface area contributed by atoms with Gasteiger partial charge in [0.15, 0.2) is 0 Å². The van der Waals surface area contributed by atoms with E-state index in [1.165, 1.54) is 0 Å². The van der Waals surface area contributed by atoms with Crippen LogP contribution in [0.2, 0.25) is 0 Å². The Morgan fingerprint density at radius 3 is 2.05 bits per heavy atom. The van der Waals surface area contributed by atoms with E-state index in [1.807, 2.05) is 26.0 Å². The minimum Gasteiger partial charge on any atom is -0.323 e. The zero-order valence-electron chi connectivity index (χ0n) is 12.0. The molecule has 0 radical (unpaired) electrons. The monoisotopic (exact) mass is 478 g/mol. The number of amides is 1. The summed E-state index contributed by atoms with van der Waals surface area (Å²) in [4.78, 5) is 12.6. The van der Waals surface area contributed by atoms with Gasteiger partial charge in [-0.15, -0.1) is 0 Å². The normalized spacial score (nSPS) is 11.0. The Morgan fingerprint density at radius 2 is 1.67 bits per heavy atom. The van der Waals surface area contributed by atoms with Gasteiger partial charge in [-0.3, -0.25) is 4.79 Å². The van der Waals surface area contributed by atoms with Gasteiger partial charge < -0.3 is 5.32 Å². The molecule has 0 atom stereocenters. The molecule has 1 amide bonds. The third kappa shape index (κ3) is 4.54. The summed E-state index contributed by atoms with van der Waals surface area (Å²) in [6, 6.07) is 5.95. The van der Waals surface area contributed by atoms with Crippen molar-refractivity contribution >= 4 is 59.4 Å². The van der Waals surface area contributed by atoms with Crippen LogP contribution in [0, 0.1) is 16.7 Å².